The predicted octanol–water partition coefficient (Wildman–Crippen LogP) is 2.38. The van der Waals surface area contributed by atoms with Crippen LogP contribution in [0.2, 0.25) is 0 Å². The van der Waals surface area contributed by atoms with E-state index >= 15 is 0 Å². The fourth-order valence-electron chi connectivity index (χ4n) is 2.72. The highest BCUT2D eigenvalue weighted by Gasteiger charge is 2.43. The Morgan fingerprint density at radius 3 is 2.19 bits per heavy atom. The third-order valence-corrected chi connectivity index (χ3v) is 3.71. The molecule has 1 aliphatic carbocycles. The van der Waals surface area contributed by atoms with Gasteiger partial charge >= 0.3 is 6.18 Å². The highest BCUT2D eigenvalue weighted by molar-refractivity contribution is 5.85. The van der Waals surface area contributed by atoms with Crippen molar-refractivity contribution in [3.8, 4) is 0 Å². The van der Waals surface area contributed by atoms with Gasteiger partial charge in [0.15, 0.2) is 0 Å². The first kappa shape index (κ1) is 11.9. The first-order chi connectivity index (χ1) is 7.48. The van der Waals surface area contributed by atoms with E-state index in [1.54, 1.807) is 0 Å². The summed E-state index contributed by atoms with van der Waals surface area (Å²) in [6.45, 7) is 0.834. The van der Waals surface area contributed by atoms with Gasteiger partial charge in [-0.2, -0.15) is 13.2 Å². The Kier molecular flexibility index (Phi) is 3.24. The molecule has 0 amide bonds. The number of rotatable bonds is 1. The Hall–Kier alpha value is -0.580. The average molecular weight is 235 g/mol. The topological polar surface area (TPSA) is 20.3 Å². The lowest BCUT2D eigenvalue weighted by Gasteiger charge is -2.35. The van der Waals surface area contributed by atoms with Crippen LogP contribution in [0.3, 0.4) is 0 Å². The highest BCUT2D eigenvalue weighted by atomic mass is 19.4. The van der Waals surface area contributed by atoms with E-state index in [2.05, 4.69) is 0 Å². The molecule has 1 saturated heterocycles. The lowest BCUT2D eigenvalue weighted by atomic mass is 9.95. The SMILES string of the molecule is O=C1CCCC1N1CCC(C(F)(F)F)CC1. The molecule has 1 unspecified atom stereocenters. The van der Waals surface area contributed by atoms with E-state index in [0.29, 0.717) is 19.5 Å². The number of ketones is 1. The minimum absolute atomic E-state index is 0.0887. The summed E-state index contributed by atoms with van der Waals surface area (Å²) in [5.41, 5.74) is 0. The Morgan fingerprint density at radius 2 is 1.75 bits per heavy atom. The summed E-state index contributed by atoms with van der Waals surface area (Å²) in [5.74, 6) is -0.953. The van der Waals surface area contributed by atoms with Gasteiger partial charge in [0.25, 0.3) is 0 Å². The van der Waals surface area contributed by atoms with Crippen molar-refractivity contribution >= 4 is 5.78 Å². The number of carbonyl (C=O) groups excluding carboxylic acids is 1. The Labute approximate surface area is 92.8 Å². The molecular formula is C11H16F3NO. The number of hydrogen-bond acceptors (Lipinski definition) is 2. The number of carbonyl (C=O) groups is 1. The van der Waals surface area contributed by atoms with Crippen LogP contribution in [0, 0.1) is 5.92 Å². The summed E-state index contributed by atoms with van der Waals surface area (Å²) in [5, 5.41) is 0. The van der Waals surface area contributed by atoms with Crippen LogP contribution in [0.25, 0.3) is 0 Å². The van der Waals surface area contributed by atoms with Gasteiger partial charge in [-0.3, -0.25) is 9.69 Å². The zero-order chi connectivity index (χ0) is 11.8. The fraction of sp³-hybridized carbons (Fsp3) is 0.909. The number of halogens is 3. The van der Waals surface area contributed by atoms with Crippen molar-refractivity contribution in [3.05, 3.63) is 0 Å². The maximum absolute atomic E-state index is 12.4. The number of nitrogens with zero attached hydrogens (tertiary/aromatic N) is 1. The van der Waals surface area contributed by atoms with E-state index in [0.717, 1.165) is 12.8 Å². The fourth-order valence-corrected chi connectivity index (χ4v) is 2.72. The monoisotopic (exact) mass is 235 g/mol. The van der Waals surface area contributed by atoms with Gasteiger partial charge in [-0.25, -0.2) is 0 Å². The first-order valence-electron chi connectivity index (χ1n) is 5.82. The number of Topliss-reactive ketones (excluding diaryl/α,β-unsaturated/α-hetero) is 1. The van der Waals surface area contributed by atoms with Gasteiger partial charge in [0.05, 0.1) is 12.0 Å². The standard InChI is InChI=1S/C11H16F3NO/c12-11(13,14)8-4-6-15(7-5-8)9-2-1-3-10(9)16/h8-9H,1-7H2. The van der Waals surface area contributed by atoms with Gasteiger partial charge in [0.1, 0.15) is 5.78 Å². The maximum atomic E-state index is 12.4. The van der Waals surface area contributed by atoms with E-state index in [1.807, 2.05) is 4.90 Å². The highest BCUT2D eigenvalue weighted by Crippen LogP contribution is 2.35. The number of hydrogen-bond donors (Lipinski definition) is 0. The summed E-state index contributed by atoms with van der Waals surface area (Å²) in [7, 11) is 0. The zero-order valence-corrected chi connectivity index (χ0v) is 9.09. The molecule has 0 aromatic rings. The quantitative estimate of drug-likeness (QED) is 0.695. The number of alkyl halides is 3. The summed E-state index contributed by atoms with van der Waals surface area (Å²) in [6.07, 6.45) is -1.45. The van der Waals surface area contributed by atoms with Gasteiger partial charge in [0, 0.05) is 6.42 Å². The van der Waals surface area contributed by atoms with Crippen LogP contribution >= 0.6 is 0 Å². The minimum atomic E-state index is -4.06. The Bertz CT molecular complexity index is 269. The molecular weight excluding hydrogens is 219 g/mol. The molecule has 2 nitrogen and oxygen atoms in total. The van der Waals surface area contributed by atoms with Crippen LogP contribution in [0.1, 0.15) is 32.1 Å². The van der Waals surface area contributed by atoms with E-state index in [1.165, 1.54) is 0 Å². The predicted molar refractivity (Wildman–Crippen MR) is 53.0 cm³/mol. The smallest absolute Gasteiger partial charge is 0.298 e. The molecule has 0 radical (unpaired) electrons. The summed E-state index contributed by atoms with van der Waals surface area (Å²) < 4.78 is 37.3. The van der Waals surface area contributed by atoms with E-state index < -0.39 is 12.1 Å². The molecule has 16 heavy (non-hydrogen) atoms. The van der Waals surface area contributed by atoms with Crippen molar-refractivity contribution in [2.45, 2.75) is 44.3 Å². The van der Waals surface area contributed by atoms with Gasteiger partial charge in [-0.1, -0.05) is 0 Å². The van der Waals surface area contributed by atoms with Crippen molar-refractivity contribution in [1.29, 1.82) is 0 Å². The lowest BCUT2D eigenvalue weighted by Crippen LogP contribution is -2.45. The molecule has 0 bridgehead atoms. The molecule has 2 aliphatic rings. The molecule has 1 atom stereocenters. The molecule has 0 aromatic carbocycles. The molecule has 1 heterocycles. The number of piperidine rings is 1. The van der Waals surface area contributed by atoms with Crippen molar-refractivity contribution < 1.29 is 18.0 Å². The minimum Gasteiger partial charge on any atom is -0.298 e. The zero-order valence-electron chi connectivity index (χ0n) is 9.09. The second-order valence-corrected chi connectivity index (χ2v) is 4.73. The molecule has 92 valence electrons. The van der Waals surface area contributed by atoms with E-state index in [9.17, 15) is 18.0 Å². The lowest BCUT2D eigenvalue weighted by molar-refractivity contribution is -0.186. The third kappa shape index (κ3) is 2.39. The number of likely N-dealkylation sites (tertiary alicyclic amines) is 1. The van der Waals surface area contributed by atoms with Crippen LogP contribution in [-0.2, 0) is 4.79 Å². The van der Waals surface area contributed by atoms with E-state index in [4.69, 9.17) is 0 Å². The molecule has 1 aliphatic heterocycles. The van der Waals surface area contributed by atoms with Crippen LogP contribution in [0.4, 0.5) is 13.2 Å². The second-order valence-electron chi connectivity index (χ2n) is 4.73. The van der Waals surface area contributed by atoms with Gasteiger partial charge in [-0.15, -0.1) is 0 Å². The largest absolute Gasteiger partial charge is 0.391 e. The molecule has 2 fully saturated rings. The first-order valence-corrected chi connectivity index (χ1v) is 5.82. The van der Waals surface area contributed by atoms with Crippen LogP contribution in [0.15, 0.2) is 0 Å². The molecule has 1 saturated carbocycles. The summed E-state index contributed by atoms with van der Waals surface area (Å²) >= 11 is 0. The average Bonchev–Trinajstić information content (AvgIpc) is 2.63. The summed E-state index contributed by atoms with van der Waals surface area (Å²) in [6, 6.07) is -0.0887. The van der Waals surface area contributed by atoms with Crippen molar-refractivity contribution in [2.75, 3.05) is 13.1 Å². The third-order valence-electron chi connectivity index (χ3n) is 3.71. The Morgan fingerprint density at radius 1 is 1.12 bits per heavy atom. The maximum Gasteiger partial charge on any atom is 0.391 e. The second kappa shape index (κ2) is 4.35. The molecule has 5 heteroatoms. The van der Waals surface area contributed by atoms with Gasteiger partial charge in [-0.05, 0) is 38.8 Å². The van der Waals surface area contributed by atoms with Crippen molar-refractivity contribution in [2.24, 2.45) is 5.92 Å². The van der Waals surface area contributed by atoms with Crippen molar-refractivity contribution in [3.63, 3.8) is 0 Å². The normalized spacial score (nSPS) is 29.9. The molecule has 0 spiro atoms. The van der Waals surface area contributed by atoms with E-state index in [-0.39, 0.29) is 24.7 Å². The van der Waals surface area contributed by atoms with Crippen LogP contribution in [-0.4, -0.2) is 36.0 Å². The van der Waals surface area contributed by atoms with Crippen LogP contribution < -0.4 is 0 Å². The van der Waals surface area contributed by atoms with Crippen LogP contribution in [0.5, 0.6) is 0 Å². The molecule has 2 rings (SSSR count). The summed E-state index contributed by atoms with van der Waals surface area (Å²) in [4.78, 5) is 13.4. The van der Waals surface area contributed by atoms with Gasteiger partial charge < -0.3 is 0 Å². The Balaban J connectivity index is 1.88. The van der Waals surface area contributed by atoms with Gasteiger partial charge in [0.2, 0.25) is 0 Å². The molecule has 0 N–H and O–H groups in total. The van der Waals surface area contributed by atoms with Crippen molar-refractivity contribution in [1.82, 2.24) is 4.90 Å². The molecule has 0 aromatic heterocycles.